The first-order valence-corrected chi connectivity index (χ1v) is 4.43. The third kappa shape index (κ3) is 1.76. The fourth-order valence-electron chi connectivity index (χ4n) is 2.10. The molecule has 0 aliphatic heterocycles. The molecule has 0 amide bonds. The lowest BCUT2D eigenvalue weighted by molar-refractivity contribution is -0.140. The minimum atomic E-state index is -0.990. The third-order valence-electron chi connectivity index (χ3n) is 2.95. The molecule has 0 bridgehead atoms. The maximum Gasteiger partial charge on any atom is 0.304 e. The van der Waals surface area contributed by atoms with Gasteiger partial charge < -0.3 is 5.11 Å². The van der Waals surface area contributed by atoms with Crippen molar-refractivity contribution in [1.29, 1.82) is 0 Å². The zero-order chi connectivity index (χ0) is 9.19. The second-order valence-corrected chi connectivity index (χ2v) is 3.76. The van der Waals surface area contributed by atoms with Crippen LogP contribution in [0.5, 0.6) is 0 Å². The molecule has 1 atom stereocenters. The van der Waals surface area contributed by atoms with Crippen LogP contribution in [0.25, 0.3) is 0 Å². The molecule has 0 aromatic rings. The van der Waals surface area contributed by atoms with E-state index in [1.54, 1.807) is 0 Å². The number of carboxylic acid groups (broad SMARTS) is 1. The van der Waals surface area contributed by atoms with Gasteiger partial charge >= 0.3 is 5.97 Å². The molecule has 3 heteroatoms. The zero-order valence-corrected chi connectivity index (χ0v) is 7.35. The Bertz CT molecular complexity index is 171. The Hall–Kier alpha value is -0.600. The first kappa shape index (κ1) is 9.49. The number of alkyl halides is 1. The van der Waals surface area contributed by atoms with E-state index in [1.807, 2.05) is 0 Å². The predicted octanol–water partition coefficient (Wildman–Crippen LogP) is 2.38. The molecule has 0 radical (unpaired) electrons. The van der Waals surface area contributed by atoms with E-state index in [0.717, 1.165) is 25.7 Å². The molecule has 0 aromatic carbocycles. The summed E-state index contributed by atoms with van der Waals surface area (Å²) in [5.74, 6) is -0.874. The fraction of sp³-hybridized carbons (Fsp3) is 0.889. The van der Waals surface area contributed by atoms with Crippen LogP contribution in [-0.4, -0.2) is 17.2 Å². The number of rotatable bonds is 3. The molecule has 0 spiro atoms. The van der Waals surface area contributed by atoms with Crippen molar-refractivity contribution >= 4 is 5.97 Å². The molecule has 2 nitrogen and oxygen atoms in total. The van der Waals surface area contributed by atoms with E-state index in [-0.39, 0.29) is 6.42 Å². The van der Waals surface area contributed by atoms with Crippen molar-refractivity contribution in [3.8, 4) is 0 Å². The third-order valence-corrected chi connectivity index (χ3v) is 2.95. The standard InChI is InChI=1S/C9H15FO2/c1-7(10)9(6-8(11)12)4-2-3-5-9/h7H,2-6H2,1H3,(H,11,12). The molecular formula is C9H15FO2. The van der Waals surface area contributed by atoms with Crippen molar-refractivity contribution in [3.63, 3.8) is 0 Å². The summed E-state index contributed by atoms with van der Waals surface area (Å²) in [6.07, 6.45) is 2.41. The first-order chi connectivity index (χ1) is 5.57. The van der Waals surface area contributed by atoms with Crippen molar-refractivity contribution < 1.29 is 14.3 Å². The van der Waals surface area contributed by atoms with E-state index in [9.17, 15) is 9.18 Å². The second-order valence-electron chi connectivity index (χ2n) is 3.76. The maximum absolute atomic E-state index is 13.2. The van der Waals surface area contributed by atoms with Gasteiger partial charge in [-0.3, -0.25) is 4.79 Å². The van der Waals surface area contributed by atoms with E-state index in [0.29, 0.717) is 0 Å². The van der Waals surface area contributed by atoms with Gasteiger partial charge in [-0.25, -0.2) is 4.39 Å². The van der Waals surface area contributed by atoms with Gasteiger partial charge in [0.05, 0.1) is 6.42 Å². The SMILES string of the molecule is CC(F)C1(CC(=O)O)CCCC1. The molecule has 0 aromatic heterocycles. The Morgan fingerprint density at radius 3 is 2.42 bits per heavy atom. The van der Waals surface area contributed by atoms with Gasteiger partial charge in [-0.2, -0.15) is 0 Å². The van der Waals surface area contributed by atoms with Crippen LogP contribution in [0.4, 0.5) is 4.39 Å². The lowest BCUT2D eigenvalue weighted by Crippen LogP contribution is -2.29. The van der Waals surface area contributed by atoms with Crippen LogP contribution in [0.2, 0.25) is 0 Å². The number of carbonyl (C=O) groups is 1. The Balaban J connectivity index is 2.65. The van der Waals surface area contributed by atoms with Crippen LogP contribution >= 0.6 is 0 Å². The zero-order valence-electron chi connectivity index (χ0n) is 7.35. The molecule has 1 saturated carbocycles. The molecule has 1 fully saturated rings. The van der Waals surface area contributed by atoms with Gasteiger partial charge in [-0.05, 0) is 19.8 Å². The van der Waals surface area contributed by atoms with E-state index in [1.165, 1.54) is 6.92 Å². The predicted molar refractivity (Wildman–Crippen MR) is 43.7 cm³/mol. The van der Waals surface area contributed by atoms with Crippen molar-refractivity contribution in [1.82, 2.24) is 0 Å². The number of carboxylic acids is 1. The summed E-state index contributed by atoms with van der Waals surface area (Å²) < 4.78 is 13.2. The van der Waals surface area contributed by atoms with Crippen LogP contribution in [-0.2, 0) is 4.79 Å². The molecule has 1 aliphatic rings. The van der Waals surface area contributed by atoms with E-state index >= 15 is 0 Å². The van der Waals surface area contributed by atoms with Gasteiger partial charge in [0.2, 0.25) is 0 Å². The van der Waals surface area contributed by atoms with Crippen molar-refractivity contribution in [2.75, 3.05) is 0 Å². The highest BCUT2D eigenvalue weighted by Gasteiger charge is 2.41. The lowest BCUT2D eigenvalue weighted by Gasteiger charge is -2.28. The average Bonchev–Trinajstić information content (AvgIpc) is 2.35. The number of halogens is 1. The van der Waals surface area contributed by atoms with Crippen LogP contribution in [0, 0.1) is 5.41 Å². The quantitative estimate of drug-likeness (QED) is 0.713. The normalized spacial score (nSPS) is 23.8. The summed E-state index contributed by atoms with van der Waals surface area (Å²) in [5, 5.41) is 8.62. The molecular weight excluding hydrogens is 159 g/mol. The lowest BCUT2D eigenvalue weighted by atomic mass is 9.79. The van der Waals surface area contributed by atoms with E-state index < -0.39 is 17.6 Å². The minimum absolute atomic E-state index is 0.00926. The highest BCUT2D eigenvalue weighted by molar-refractivity contribution is 5.67. The average molecular weight is 174 g/mol. The Kier molecular flexibility index (Phi) is 2.70. The molecule has 1 rings (SSSR count). The summed E-state index contributed by atoms with van der Waals surface area (Å²) in [4.78, 5) is 10.5. The molecule has 1 N–H and O–H groups in total. The summed E-state index contributed by atoms with van der Waals surface area (Å²) in [6.45, 7) is 1.48. The van der Waals surface area contributed by atoms with Crippen LogP contribution in [0.15, 0.2) is 0 Å². The van der Waals surface area contributed by atoms with E-state index in [4.69, 9.17) is 5.11 Å². The van der Waals surface area contributed by atoms with Crippen molar-refractivity contribution in [3.05, 3.63) is 0 Å². The summed E-state index contributed by atoms with van der Waals surface area (Å²) >= 11 is 0. The fourth-order valence-corrected chi connectivity index (χ4v) is 2.10. The second kappa shape index (κ2) is 3.42. The molecule has 12 heavy (non-hydrogen) atoms. The van der Waals surface area contributed by atoms with Crippen LogP contribution < -0.4 is 0 Å². The van der Waals surface area contributed by atoms with Gasteiger partial charge in [0.25, 0.3) is 0 Å². The summed E-state index contributed by atoms with van der Waals surface area (Å²) in [7, 11) is 0. The Labute approximate surface area is 71.8 Å². The van der Waals surface area contributed by atoms with Gasteiger partial charge in [-0.15, -0.1) is 0 Å². The molecule has 0 saturated heterocycles. The maximum atomic E-state index is 13.2. The number of hydrogen-bond acceptors (Lipinski definition) is 1. The van der Waals surface area contributed by atoms with Crippen LogP contribution in [0.1, 0.15) is 39.0 Å². The van der Waals surface area contributed by atoms with Crippen molar-refractivity contribution in [2.24, 2.45) is 5.41 Å². The Morgan fingerprint density at radius 1 is 1.58 bits per heavy atom. The topological polar surface area (TPSA) is 37.3 Å². The first-order valence-electron chi connectivity index (χ1n) is 4.43. The highest BCUT2D eigenvalue weighted by atomic mass is 19.1. The number of hydrogen-bond donors (Lipinski definition) is 1. The van der Waals surface area contributed by atoms with Gasteiger partial charge in [0.1, 0.15) is 6.17 Å². The van der Waals surface area contributed by atoms with E-state index in [2.05, 4.69) is 0 Å². The number of aliphatic carboxylic acids is 1. The van der Waals surface area contributed by atoms with Crippen molar-refractivity contribution in [2.45, 2.75) is 45.2 Å². The molecule has 0 heterocycles. The molecule has 1 aliphatic carbocycles. The Morgan fingerprint density at radius 2 is 2.08 bits per heavy atom. The monoisotopic (exact) mass is 174 g/mol. The van der Waals surface area contributed by atoms with Gasteiger partial charge in [0, 0.05) is 5.41 Å². The van der Waals surface area contributed by atoms with Gasteiger partial charge in [0.15, 0.2) is 0 Å². The van der Waals surface area contributed by atoms with Crippen LogP contribution in [0.3, 0.4) is 0 Å². The summed E-state index contributed by atoms with van der Waals surface area (Å²) in [6, 6.07) is 0. The van der Waals surface area contributed by atoms with Gasteiger partial charge in [-0.1, -0.05) is 12.8 Å². The summed E-state index contributed by atoms with van der Waals surface area (Å²) in [5.41, 5.74) is -0.550. The molecule has 1 unspecified atom stereocenters. The largest absolute Gasteiger partial charge is 0.481 e. The smallest absolute Gasteiger partial charge is 0.304 e. The highest BCUT2D eigenvalue weighted by Crippen LogP contribution is 2.45. The minimum Gasteiger partial charge on any atom is -0.481 e. The molecule has 70 valence electrons.